The van der Waals surface area contributed by atoms with Gasteiger partial charge in [-0.2, -0.15) is 0 Å². The smallest absolute Gasteiger partial charge is 0.0614 e. The van der Waals surface area contributed by atoms with Crippen molar-refractivity contribution in [1.29, 1.82) is 0 Å². The molecular formula is C7H15NO. The molecule has 1 atom stereocenters. The molecule has 1 aliphatic rings. The van der Waals surface area contributed by atoms with Crippen molar-refractivity contribution in [2.24, 2.45) is 5.73 Å². The highest BCUT2D eigenvalue weighted by Crippen LogP contribution is 2.20. The van der Waals surface area contributed by atoms with E-state index in [0.717, 1.165) is 13.0 Å². The van der Waals surface area contributed by atoms with Gasteiger partial charge in [0.25, 0.3) is 0 Å². The van der Waals surface area contributed by atoms with Gasteiger partial charge in [0.15, 0.2) is 0 Å². The molecule has 1 saturated heterocycles. The zero-order valence-corrected chi connectivity index (χ0v) is 6.18. The van der Waals surface area contributed by atoms with Crippen LogP contribution in [0.15, 0.2) is 0 Å². The van der Waals surface area contributed by atoms with Crippen molar-refractivity contribution >= 4 is 0 Å². The van der Waals surface area contributed by atoms with E-state index in [2.05, 4.69) is 0 Å². The van der Waals surface area contributed by atoms with E-state index < -0.39 is 0 Å². The fourth-order valence-corrected chi connectivity index (χ4v) is 1.03. The molecule has 0 radical (unpaired) electrons. The van der Waals surface area contributed by atoms with Gasteiger partial charge < -0.3 is 10.5 Å². The van der Waals surface area contributed by atoms with Gasteiger partial charge in [-0.15, -0.1) is 0 Å². The van der Waals surface area contributed by atoms with E-state index in [1.165, 1.54) is 6.42 Å². The first kappa shape index (κ1) is 7.03. The maximum absolute atomic E-state index is 5.77. The maximum Gasteiger partial charge on any atom is 0.0614 e. The van der Waals surface area contributed by atoms with Gasteiger partial charge in [-0.25, -0.2) is 0 Å². The molecule has 2 heteroatoms. The second kappa shape index (κ2) is 2.27. The highest BCUT2D eigenvalue weighted by atomic mass is 16.5. The molecule has 1 unspecified atom stereocenters. The van der Waals surface area contributed by atoms with Crippen LogP contribution in [0.1, 0.15) is 26.7 Å². The quantitative estimate of drug-likeness (QED) is 0.601. The normalized spacial score (nSPS) is 27.7. The topological polar surface area (TPSA) is 35.2 Å². The Morgan fingerprint density at radius 3 is 2.33 bits per heavy atom. The van der Waals surface area contributed by atoms with Gasteiger partial charge in [0.1, 0.15) is 0 Å². The minimum atomic E-state index is -0.0505. The van der Waals surface area contributed by atoms with Crippen LogP contribution in [0.2, 0.25) is 0 Å². The summed E-state index contributed by atoms with van der Waals surface area (Å²) in [6.07, 6.45) is 2.64. The zero-order valence-electron chi connectivity index (χ0n) is 6.18. The van der Waals surface area contributed by atoms with Crippen molar-refractivity contribution in [3.8, 4) is 0 Å². The highest BCUT2D eigenvalue weighted by molar-refractivity contribution is 4.80. The lowest BCUT2D eigenvalue weighted by Gasteiger charge is -2.32. The van der Waals surface area contributed by atoms with E-state index in [9.17, 15) is 0 Å². The molecule has 0 aliphatic carbocycles. The number of nitrogens with two attached hydrogens (primary N) is 1. The van der Waals surface area contributed by atoms with E-state index in [4.69, 9.17) is 10.5 Å². The Balaban J connectivity index is 2.16. The van der Waals surface area contributed by atoms with E-state index in [-0.39, 0.29) is 5.54 Å². The molecule has 0 aromatic heterocycles. The molecule has 1 fully saturated rings. The molecule has 0 bridgehead atoms. The van der Waals surface area contributed by atoms with Gasteiger partial charge in [0.2, 0.25) is 0 Å². The molecule has 1 aliphatic heterocycles. The second-order valence-corrected chi connectivity index (χ2v) is 3.47. The molecule has 0 aromatic carbocycles. The van der Waals surface area contributed by atoms with Crippen LogP contribution in [0, 0.1) is 0 Å². The lowest BCUT2D eigenvalue weighted by atomic mass is 9.95. The summed E-state index contributed by atoms with van der Waals surface area (Å²) in [6, 6.07) is 0. The van der Waals surface area contributed by atoms with Crippen LogP contribution in [-0.4, -0.2) is 18.2 Å². The van der Waals surface area contributed by atoms with Crippen LogP contribution >= 0.6 is 0 Å². The Morgan fingerprint density at radius 2 is 2.22 bits per heavy atom. The standard InChI is InChI=1S/C7H15NO/c1-7(2,8)5-6-3-4-9-6/h6H,3-5,8H2,1-2H3. The van der Waals surface area contributed by atoms with Gasteiger partial charge >= 0.3 is 0 Å². The summed E-state index contributed by atoms with van der Waals surface area (Å²) < 4.78 is 5.23. The summed E-state index contributed by atoms with van der Waals surface area (Å²) in [6.45, 7) is 5.00. The van der Waals surface area contributed by atoms with Crippen molar-refractivity contribution < 1.29 is 4.74 Å². The number of ether oxygens (including phenoxy) is 1. The first-order chi connectivity index (χ1) is 4.08. The van der Waals surface area contributed by atoms with Crippen LogP contribution in [0.3, 0.4) is 0 Å². The van der Waals surface area contributed by atoms with Crippen molar-refractivity contribution in [3.63, 3.8) is 0 Å². The summed E-state index contributed by atoms with van der Waals surface area (Å²) in [5.74, 6) is 0. The van der Waals surface area contributed by atoms with Crippen LogP contribution < -0.4 is 5.73 Å². The van der Waals surface area contributed by atoms with E-state index in [1.54, 1.807) is 0 Å². The molecule has 0 aromatic rings. The summed E-state index contributed by atoms with van der Waals surface area (Å²) in [5, 5.41) is 0. The highest BCUT2D eigenvalue weighted by Gasteiger charge is 2.24. The number of rotatable bonds is 2. The molecule has 0 spiro atoms. The molecule has 9 heavy (non-hydrogen) atoms. The largest absolute Gasteiger partial charge is 0.378 e. The predicted octanol–water partition coefficient (Wildman–Crippen LogP) is 0.903. The molecule has 0 amide bonds. The lowest BCUT2D eigenvalue weighted by molar-refractivity contribution is -0.0630. The summed E-state index contributed by atoms with van der Waals surface area (Å²) in [4.78, 5) is 0. The number of hydrogen-bond donors (Lipinski definition) is 1. The van der Waals surface area contributed by atoms with E-state index >= 15 is 0 Å². The third-order valence-electron chi connectivity index (χ3n) is 1.55. The Labute approximate surface area is 56.4 Å². The SMILES string of the molecule is CC(C)(N)CC1CCO1. The average molecular weight is 129 g/mol. The third-order valence-corrected chi connectivity index (χ3v) is 1.55. The fourth-order valence-electron chi connectivity index (χ4n) is 1.03. The number of hydrogen-bond acceptors (Lipinski definition) is 2. The maximum atomic E-state index is 5.77. The molecule has 0 saturated carbocycles. The van der Waals surface area contributed by atoms with Crippen LogP contribution in [0.25, 0.3) is 0 Å². The van der Waals surface area contributed by atoms with Gasteiger partial charge in [-0.05, 0) is 26.7 Å². The molecule has 2 N–H and O–H groups in total. The van der Waals surface area contributed by atoms with Crippen molar-refractivity contribution in [3.05, 3.63) is 0 Å². The van der Waals surface area contributed by atoms with E-state index in [0.29, 0.717) is 6.10 Å². The monoisotopic (exact) mass is 129 g/mol. The molecule has 1 heterocycles. The molecule has 1 rings (SSSR count). The first-order valence-electron chi connectivity index (χ1n) is 3.48. The Hall–Kier alpha value is -0.0800. The van der Waals surface area contributed by atoms with Crippen molar-refractivity contribution in [2.75, 3.05) is 6.61 Å². The summed E-state index contributed by atoms with van der Waals surface area (Å²) in [7, 11) is 0. The first-order valence-corrected chi connectivity index (χ1v) is 3.48. The third kappa shape index (κ3) is 2.33. The van der Waals surface area contributed by atoms with Gasteiger partial charge in [0.05, 0.1) is 6.10 Å². The summed E-state index contributed by atoms with van der Waals surface area (Å²) in [5.41, 5.74) is 5.72. The lowest BCUT2D eigenvalue weighted by Crippen LogP contribution is -2.41. The van der Waals surface area contributed by atoms with Crippen LogP contribution in [0.4, 0.5) is 0 Å². The Morgan fingerprint density at radius 1 is 1.67 bits per heavy atom. The Bertz CT molecular complexity index is 91.6. The summed E-state index contributed by atoms with van der Waals surface area (Å²) >= 11 is 0. The fraction of sp³-hybridized carbons (Fsp3) is 1.00. The minimum Gasteiger partial charge on any atom is -0.378 e. The van der Waals surface area contributed by atoms with Crippen molar-refractivity contribution in [2.45, 2.75) is 38.3 Å². The van der Waals surface area contributed by atoms with Gasteiger partial charge in [-0.3, -0.25) is 0 Å². The van der Waals surface area contributed by atoms with Crippen LogP contribution in [0.5, 0.6) is 0 Å². The van der Waals surface area contributed by atoms with Crippen molar-refractivity contribution in [1.82, 2.24) is 0 Å². The van der Waals surface area contributed by atoms with Crippen LogP contribution in [-0.2, 0) is 4.74 Å². The zero-order chi connectivity index (χ0) is 6.91. The van der Waals surface area contributed by atoms with Gasteiger partial charge in [-0.1, -0.05) is 0 Å². The Kier molecular flexibility index (Phi) is 1.78. The molecule has 54 valence electrons. The predicted molar refractivity (Wildman–Crippen MR) is 37.2 cm³/mol. The van der Waals surface area contributed by atoms with Gasteiger partial charge in [0, 0.05) is 12.1 Å². The molecule has 2 nitrogen and oxygen atoms in total. The molecular weight excluding hydrogens is 114 g/mol. The van der Waals surface area contributed by atoms with E-state index in [1.807, 2.05) is 13.8 Å². The second-order valence-electron chi connectivity index (χ2n) is 3.47. The average Bonchev–Trinajstić information content (AvgIpc) is 1.53. The minimum absolute atomic E-state index is 0.0505.